The van der Waals surface area contributed by atoms with Gasteiger partial charge >= 0.3 is 17.6 Å². The van der Waals surface area contributed by atoms with Crippen molar-refractivity contribution in [2.45, 2.75) is 19.4 Å². The van der Waals surface area contributed by atoms with Gasteiger partial charge in [-0.15, -0.1) is 0 Å². The maximum atomic E-state index is 6.37. The van der Waals surface area contributed by atoms with Gasteiger partial charge in [0.05, 0.1) is 5.54 Å². The second-order valence-electron chi connectivity index (χ2n) is 8.54. The van der Waals surface area contributed by atoms with Crippen molar-refractivity contribution in [3.05, 3.63) is 121 Å². The lowest BCUT2D eigenvalue weighted by molar-refractivity contribution is 0.140. The molecule has 4 aromatic carbocycles. The van der Waals surface area contributed by atoms with Crippen LogP contribution in [0.1, 0.15) is 13.8 Å². The molecule has 0 saturated heterocycles. The Morgan fingerprint density at radius 1 is 0.447 bits per heavy atom. The number of hydrogen-bond acceptors (Lipinski definition) is 6. The molecule has 200 valence electrons. The van der Waals surface area contributed by atoms with Crippen molar-refractivity contribution in [3.63, 3.8) is 0 Å². The van der Waals surface area contributed by atoms with Crippen LogP contribution < -0.4 is 18.5 Å². The summed E-state index contributed by atoms with van der Waals surface area (Å²) in [4.78, 5) is 0. The van der Waals surface area contributed by atoms with Crippen molar-refractivity contribution in [2.75, 3.05) is 21.3 Å². The molecule has 8 heteroatoms. The van der Waals surface area contributed by atoms with Crippen LogP contribution in [-0.2, 0) is 13.3 Å². The summed E-state index contributed by atoms with van der Waals surface area (Å²) in [6, 6.07) is 38.8. The van der Waals surface area contributed by atoms with Crippen molar-refractivity contribution in [2.24, 2.45) is 0 Å². The maximum absolute atomic E-state index is 6.37. The first-order valence-corrected chi connectivity index (χ1v) is 15.9. The van der Waals surface area contributed by atoms with E-state index in [9.17, 15) is 0 Å². The topological polar surface area (TPSA) is 55.4 Å². The molecule has 0 spiro atoms. The van der Waals surface area contributed by atoms with Crippen molar-refractivity contribution >= 4 is 22.8 Å². The Balaban J connectivity index is 0.000000260. The fraction of sp³-hybridized carbons (Fsp3) is 0.200. The Bertz CT molecular complexity index is 1060. The van der Waals surface area contributed by atoms with E-state index >= 15 is 0 Å². The summed E-state index contributed by atoms with van der Waals surface area (Å²) in [6.07, 6.45) is 0. The molecule has 0 fully saturated rings. The van der Waals surface area contributed by atoms with Gasteiger partial charge in [0.15, 0.2) is 0 Å². The SMILES string of the molecule is CC(C)[Si](Oc1ccccc1)(Oc1ccccc1)Oc1ccccc1.CO[Si](OC)(OC)c1ccccc1. The molecule has 0 saturated carbocycles. The van der Waals surface area contributed by atoms with E-state index in [2.05, 4.69) is 13.8 Å². The minimum Gasteiger partial charge on any atom is -0.483 e. The molecule has 38 heavy (non-hydrogen) atoms. The molecule has 4 rings (SSSR count). The average Bonchev–Trinajstić information content (AvgIpc) is 2.97. The number of benzene rings is 4. The van der Waals surface area contributed by atoms with Gasteiger partial charge in [0.25, 0.3) is 0 Å². The van der Waals surface area contributed by atoms with E-state index in [-0.39, 0.29) is 5.54 Å². The van der Waals surface area contributed by atoms with Gasteiger partial charge in [0.2, 0.25) is 0 Å². The molecular weight excluding hydrogens is 512 g/mol. The molecular formula is C30H36O6Si2. The van der Waals surface area contributed by atoms with Crippen LogP contribution >= 0.6 is 0 Å². The van der Waals surface area contributed by atoms with E-state index in [0.29, 0.717) is 0 Å². The van der Waals surface area contributed by atoms with Gasteiger partial charge in [-0.1, -0.05) is 98.8 Å². The summed E-state index contributed by atoms with van der Waals surface area (Å²) in [5.41, 5.74) is 0.0631. The van der Waals surface area contributed by atoms with Crippen molar-refractivity contribution in [3.8, 4) is 17.2 Å². The molecule has 0 aliphatic heterocycles. The average molecular weight is 549 g/mol. The van der Waals surface area contributed by atoms with Crippen molar-refractivity contribution < 1.29 is 26.6 Å². The normalized spacial score (nSPS) is 11.3. The summed E-state index contributed by atoms with van der Waals surface area (Å²) in [5.74, 6) is 2.24. The largest absolute Gasteiger partial charge is 0.702 e. The Morgan fingerprint density at radius 2 is 0.737 bits per heavy atom. The highest BCUT2D eigenvalue weighted by molar-refractivity contribution is 6.75. The molecule has 4 aromatic rings. The predicted molar refractivity (Wildman–Crippen MR) is 155 cm³/mol. The second-order valence-corrected chi connectivity index (χ2v) is 14.4. The van der Waals surface area contributed by atoms with Gasteiger partial charge in [-0.25, -0.2) is 0 Å². The van der Waals surface area contributed by atoms with Gasteiger partial charge in [-0.05, 0) is 36.4 Å². The van der Waals surface area contributed by atoms with Crippen LogP contribution in [0, 0.1) is 0 Å². The third kappa shape index (κ3) is 7.80. The first kappa shape index (κ1) is 29.2. The quantitative estimate of drug-likeness (QED) is 0.204. The van der Waals surface area contributed by atoms with E-state index in [1.165, 1.54) is 0 Å². The predicted octanol–water partition coefficient (Wildman–Crippen LogP) is 6.34. The zero-order chi connectivity index (χ0) is 27.3. The molecule has 6 nitrogen and oxygen atoms in total. The van der Waals surface area contributed by atoms with Crippen LogP contribution in [0.3, 0.4) is 0 Å². The highest BCUT2D eigenvalue weighted by atomic mass is 28.4. The fourth-order valence-corrected chi connectivity index (χ4v) is 7.65. The summed E-state index contributed by atoms with van der Waals surface area (Å²) in [6.45, 7) is 4.14. The molecule has 0 heterocycles. The molecule has 0 bridgehead atoms. The standard InChI is InChI=1S/C21H22O3Si.C9H14O3Si/c1-18(2)25(22-19-12-6-3-7-13-19,23-20-14-8-4-9-15-20)24-21-16-10-5-11-17-21;1-10-13(11-2,12-3)9-7-5-4-6-8-9/h3-18H,1-2H3;4-8H,1-3H3. The highest BCUT2D eigenvalue weighted by Crippen LogP contribution is 2.31. The lowest BCUT2D eigenvalue weighted by Gasteiger charge is -2.33. The summed E-state index contributed by atoms with van der Waals surface area (Å²) >= 11 is 0. The zero-order valence-corrected chi connectivity index (χ0v) is 24.6. The highest BCUT2D eigenvalue weighted by Gasteiger charge is 2.53. The molecule has 0 radical (unpaired) electrons. The minimum absolute atomic E-state index is 0.0631. The molecule has 0 aliphatic rings. The second kappa shape index (κ2) is 14.5. The third-order valence-electron chi connectivity index (χ3n) is 5.65. The molecule has 0 unspecified atom stereocenters. The Hall–Kier alpha value is -3.41. The van der Waals surface area contributed by atoms with Gasteiger partial charge < -0.3 is 26.6 Å². The minimum atomic E-state index is -3.10. The Kier molecular flexibility index (Phi) is 11.1. The zero-order valence-electron chi connectivity index (χ0n) is 22.6. The van der Waals surface area contributed by atoms with E-state index in [1.807, 2.05) is 121 Å². The van der Waals surface area contributed by atoms with Crippen molar-refractivity contribution in [1.29, 1.82) is 0 Å². The molecule has 0 N–H and O–H groups in total. The summed E-state index contributed by atoms with van der Waals surface area (Å²) in [5, 5.41) is 0.975. The Morgan fingerprint density at radius 3 is 1.00 bits per heavy atom. The Labute approximate surface area is 228 Å². The summed E-state index contributed by atoms with van der Waals surface area (Å²) in [7, 11) is -0.879. The van der Waals surface area contributed by atoms with Crippen LogP contribution in [0.4, 0.5) is 0 Å². The van der Waals surface area contributed by atoms with Gasteiger partial charge in [0.1, 0.15) is 17.2 Å². The first-order chi connectivity index (χ1) is 18.5. The number of para-hydroxylation sites is 3. The smallest absolute Gasteiger partial charge is 0.483 e. The lowest BCUT2D eigenvalue weighted by Crippen LogP contribution is -2.57. The van der Waals surface area contributed by atoms with Crippen LogP contribution in [0.5, 0.6) is 17.2 Å². The maximum Gasteiger partial charge on any atom is 0.702 e. The van der Waals surface area contributed by atoms with Gasteiger partial charge in [0, 0.05) is 26.5 Å². The fourth-order valence-electron chi connectivity index (χ4n) is 3.62. The van der Waals surface area contributed by atoms with Crippen molar-refractivity contribution in [1.82, 2.24) is 0 Å². The molecule has 0 aliphatic carbocycles. The van der Waals surface area contributed by atoms with Gasteiger partial charge in [-0.2, -0.15) is 0 Å². The third-order valence-corrected chi connectivity index (χ3v) is 11.3. The van der Waals surface area contributed by atoms with Gasteiger partial charge in [-0.3, -0.25) is 0 Å². The van der Waals surface area contributed by atoms with E-state index in [0.717, 1.165) is 22.4 Å². The van der Waals surface area contributed by atoms with Crippen LogP contribution in [0.25, 0.3) is 0 Å². The number of hydrogen-bond donors (Lipinski definition) is 0. The van der Waals surface area contributed by atoms with Crippen LogP contribution in [-0.4, -0.2) is 38.9 Å². The first-order valence-electron chi connectivity index (χ1n) is 12.4. The van der Waals surface area contributed by atoms with Crippen LogP contribution in [0.2, 0.25) is 5.54 Å². The molecule has 0 aromatic heterocycles. The number of rotatable bonds is 11. The van der Waals surface area contributed by atoms with Crippen LogP contribution in [0.15, 0.2) is 121 Å². The van der Waals surface area contributed by atoms with E-state index in [1.54, 1.807) is 21.3 Å². The van der Waals surface area contributed by atoms with E-state index < -0.39 is 17.6 Å². The monoisotopic (exact) mass is 548 g/mol. The lowest BCUT2D eigenvalue weighted by atomic mass is 10.3. The summed E-state index contributed by atoms with van der Waals surface area (Å²) < 4.78 is 35.0. The molecule has 0 amide bonds. The van der Waals surface area contributed by atoms with E-state index in [4.69, 9.17) is 26.6 Å². The molecule has 0 atom stereocenters.